The highest BCUT2D eigenvalue weighted by Crippen LogP contribution is 2.34. The first-order valence-electron chi connectivity index (χ1n) is 5.80. The average Bonchev–Trinajstić information content (AvgIpc) is 2.40. The van der Waals surface area contributed by atoms with Crippen molar-refractivity contribution in [3.05, 3.63) is 54.1 Å². The molecule has 0 radical (unpaired) electrons. The topological polar surface area (TPSA) is 38.7 Å². The second-order valence-electron chi connectivity index (χ2n) is 3.97. The van der Waals surface area contributed by atoms with Gasteiger partial charge in [0.1, 0.15) is 5.75 Å². The number of hydrogen-bond donors (Lipinski definition) is 1. The summed E-state index contributed by atoms with van der Waals surface area (Å²) >= 11 is 0. The van der Waals surface area contributed by atoms with Gasteiger partial charge in [0, 0.05) is 5.56 Å². The molecule has 2 aromatic carbocycles. The van der Waals surface area contributed by atoms with Gasteiger partial charge in [0.15, 0.2) is 11.5 Å². The molecular formula is C15H16O3. The first kappa shape index (κ1) is 12.5. The van der Waals surface area contributed by atoms with Crippen molar-refractivity contribution >= 4 is 0 Å². The molecule has 94 valence electrons. The quantitative estimate of drug-likeness (QED) is 0.894. The van der Waals surface area contributed by atoms with Gasteiger partial charge in [-0.05, 0) is 25.1 Å². The Kier molecular flexibility index (Phi) is 3.85. The molecule has 1 N–H and O–H groups in total. The van der Waals surface area contributed by atoms with E-state index in [1.807, 2.05) is 48.5 Å². The average molecular weight is 244 g/mol. The van der Waals surface area contributed by atoms with Crippen molar-refractivity contribution in [2.24, 2.45) is 0 Å². The third-order valence-corrected chi connectivity index (χ3v) is 2.66. The van der Waals surface area contributed by atoms with Crippen molar-refractivity contribution in [2.45, 2.75) is 13.0 Å². The summed E-state index contributed by atoms with van der Waals surface area (Å²) in [6.07, 6.45) is -0.573. The number of aliphatic hydroxyl groups excluding tert-OH is 1. The van der Waals surface area contributed by atoms with E-state index in [-0.39, 0.29) is 0 Å². The third-order valence-electron chi connectivity index (χ3n) is 2.66. The van der Waals surface area contributed by atoms with Gasteiger partial charge in [-0.15, -0.1) is 0 Å². The van der Waals surface area contributed by atoms with E-state index in [0.717, 1.165) is 5.56 Å². The van der Waals surface area contributed by atoms with Crippen LogP contribution in [0.4, 0.5) is 0 Å². The highest BCUT2D eigenvalue weighted by atomic mass is 16.5. The fraction of sp³-hybridized carbons (Fsp3) is 0.200. The molecule has 0 bridgehead atoms. The van der Waals surface area contributed by atoms with Crippen LogP contribution in [0.25, 0.3) is 0 Å². The van der Waals surface area contributed by atoms with Gasteiger partial charge >= 0.3 is 0 Å². The molecule has 0 spiro atoms. The predicted octanol–water partition coefficient (Wildman–Crippen LogP) is 3.54. The maximum atomic E-state index is 9.70. The Balaban J connectivity index is 2.34. The van der Waals surface area contributed by atoms with Gasteiger partial charge in [0.25, 0.3) is 0 Å². The molecule has 0 aliphatic carbocycles. The lowest BCUT2D eigenvalue weighted by atomic mass is 10.1. The molecule has 18 heavy (non-hydrogen) atoms. The van der Waals surface area contributed by atoms with Crippen LogP contribution in [0.3, 0.4) is 0 Å². The van der Waals surface area contributed by atoms with E-state index in [9.17, 15) is 5.11 Å². The van der Waals surface area contributed by atoms with Crippen molar-refractivity contribution in [2.75, 3.05) is 7.11 Å². The molecule has 2 aromatic rings. The Morgan fingerprint density at radius 3 is 2.06 bits per heavy atom. The smallest absolute Gasteiger partial charge is 0.169 e. The van der Waals surface area contributed by atoms with Gasteiger partial charge in [-0.25, -0.2) is 0 Å². The van der Waals surface area contributed by atoms with Gasteiger partial charge in [-0.1, -0.05) is 30.3 Å². The minimum Gasteiger partial charge on any atom is -0.493 e. The van der Waals surface area contributed by atoms with Gasteiger partial charge in [-0.2, -0.15) is 0 Å². The molecule has 0 aromatic heterocycles. The van der Waals surface area contributed by atoms with Crippen LogP contribution in [0.15, 0.2) is 48.5 Å². The fourth-order valence-electron chi connectivity index (χ4n) is 1.74. The Bertz CT molecular complexity index is 521. The van der Waals surface area contributed by atoms with Crippen molar-refractivity contribution in [3.63, 3.8) is 0 Å². The van der Waals surface area contributed by atoms with Crippen LogP contribution in [0.2, 0.25) is 0 Å². The van der Waals surface area contributed by atoms with Crippen molar-refractivity contribution < 1.29 is 14.6 Å². The van der Waals surface area contributed by atoms with Crippen LogP contribution < -0.4 is 9.47 Å². The number of benzene rings is 2. The lowest BCUT2D eigenvalue weighted by molar-refractivity contribution is 0.195. The second kappa shape index (κ2) is 5.56. The van der Waals surface area contributed by atoms with Crippen LogP contribution in [0.1, 0.15) is 18.6 Å². The number of methoxy groups -OCH3 is 1. The third kappa shape index (κ3) is 2.63. The van der Waals surface area contributed by atoms with Gasteiger partial charge in [0.05, 0.1) is 13.2 Å². The van der Waals surface area contributed by atoms with E-state index in [4.69, 9.17) is 9.47 Å². The molecule has 0 fully saturated rings. The van der Waals surface area contributed by atoms with Crippen molar-refractivity contribution in [3.8, 4) is 17.2 Å². The number of hydrogen-bond acceptors (Lipinski definition) is 3. The van der Waals surface area contributed by atoms with Crippen LogP contribution in [-0.4, -0.2) is 12.2 Å². The summed E-state index contributed by atoms with van der Waals surface area (Å²) in [5.74, 6) is 1.93. The molecule has 0 amide bonds. The minimum atomic E-state index is -0.573. The zero-order chi connectivity index (χ0) is 13.0. The highest BCUT2D eigenvalue weighted by Gasteiger charge is 2.11. The van der Waals surface area contributed by atoms with Crippen molar-refractivity contribution in [1.29, 1.82) is 0 Å². The molecule has 2 rings (SSSR count). The summed E-state index contributed by atoms with van der Waals surface area (Å²) in [6, 6.07) is 14.8. The molecule has 0 saturated heterocycles. The molecule has 0 unspecified atom stereocenters. The zero-order valence-electron chi connectivity index (χ0n) is 10.5. The summed E-state index contributed by atoms with van der Waals surface area (Å²) in [5, 5.41) is 9.70. The SMILES string of the molecule is COc1ccccc1Oc1ccccc1[C@@H](C)O. The first-order valence-corrected chi connectivity index (χ1v) is 5.80. The lowest BCUT2D eigenvalue weighted by Crippen LogP contribution is -1.96. The zero-order valence-corrected chi connectivity index (χ0v) is 10.5. The van der Waals surface area contributed by atoms with E-state index in [2.05, 4.69) is 0 Å². The van der Waals surface area contributed by atoms with Crippen molar-refractivity contribution in [1.82, 2.24) is 0 Å². The van der Waals surface area contributed by atoms with Crippen LogP contribution >= 0.6 is 0 Å². The summed E-state index contributed by atoms with van der Waals surface area (Å²) in [6.45, 7) is 1.71. The molecule has 0 aliphatic heterocycles. The monoisotopic (exact) mass is 244 g/mol. The first-order chi connectivity index (χ1) is 8.72. The number of aliphatic hydroxyl groups is 1. The Morgan fingerprint density at radius 2 is 1.44 bits per heavy atom. The van der Waals surface area contributed by atoms with Gasteiger partial charge in [0.2, 0.25) is 0 Å². The maximum Gasteiger partial charge on any atom is 0.169 e. The van der Waals surface area contributed by atoms with E-state index in [0.29, 0.717) is 17.2 Å². The largest absolute Gasteiger partial charge is 0.493 e. The molecular weight excluding hydrogens is 228 g/mol. The lowest BCUT2D eigenvalue weighted by Gasteiger charge is -2.14. The van der Waals surface area contributed by atoms with E-state index in [1.54, 1.807) is 14.0 Å². The molecule has 0 aliphatic rings. The maximum absolute atomic E-state index is 9.70. The second-order valence-corrected chi connectivity index (χ2v) is 3.97. The fourth-order valence-corrected chi connectivity index (χ4v) is 1.74. The summed E-state index contributed by atoms with van der Waals surface area (Å²) < 4.78 is 11.0. The number of para-hydroxylation sites is 3. The summed E-state index contributed by atoms with van der Waals surface area (Å²) in [5.41, 5.74) is 0.753. The van der Waals surface area contributed by atoms with Gasteiger partial charge in [-0.3, -0.25) is 0 Å². The Morgan fingerprint density at radius 1 is 0.889 bits per heavy atom. The Hall–Kier alpha value is -2.00. The molecule has 0 heterocycles. The summed E-state index contributed by atoms with van der Waals surface area (Å²) in [7, 11) is 1.60. The molecule has 3 nitrogen and oxygen atoms in total. The predicted molar refractivity (Wildman–Crippen MR) is 70.1 cm³/mol. The standard InChI is InChI=1S/C15H16O3/c1-11(16)12-7-3-4-8-13(12)18-15-10-6-5-9-14(15)17-2/h3-11,16H,1-2H3/t11-/m1/s1. The van der Waals surface area contributed by atoms with Crippen LogP contribution in [-0.2, 0) is 0 Å². The molecule has 1 atom stereocenters. The highest BCUT2D eigenvalue weighted by molar-refractivity contribution is 5.45. The molecule has 3 heteroatoms. The number of ether oxygens (including phenoxy) is 2. The summed E-state index contributed by atoms with van der Waals surface area (Å²) in [4.78, 5) is 0. The van der Waals surface area contributed by atoms with Gasteiger partial charge < -0.3 is 14.6 Å². The van der Waals surface area contributed by atoms with Crippen LogP contribution in [0.5, 0.6) is 17.2 Å². The van der Waals surface area contributed by atoms with E-state index < -0.39 is 6.10 Å². The van der Waals surface area contributed by atoms with Crippen LogP contribution in [0, 0.1) is 0 Å². The minimum absolute atomic E-state index is 0.573. The number of rotatable bonds is 4. The van der Waals surface area contributed by atoms with E-state index >= 15 is 0 Å². The normalized spacial score (nSPS) is 11.9. The Labute approximate surface area is 107 Å². The molecule has 0 saturated carbocycles. The van der Waals surface area contributed by atoms with E-state index in [1.165, 1.54) is 0 Å².